The number of carbonyl (C=O) groups is 4. The number of nitrogens with one attached hydrogen (secondary N) is 3. The Balaban J connectivity index is 1.66. The van der Waals surface area contributed by atoms with Crippen molar-refractivity contribution < 1.29 is 23.9 Å². The summed E-state index contributed by atoms with van der Waals surface area (Å²) in [5.41, 5.74) is -1.03. The van der Waals surface area contributed by atoms with E-state index in [1.54, 1.807) is 4.90 Å². The van der Waals surface area contributed by atoms with E-state index < -0.39 is 23.3 Å². The molecule has 0 aromatic rings. The van der Waals surface area contributed by atoms with Crippen LogP contribution in [0.2, 0.25) is 0 Å². The molecule has 9 heteroatoms. The van der Waals surface area contributed by atoms with Gasteiger partial charge in [0.2, 0.25) is 11.7 Å². The van der Waals surface area contributed by atoms with E-state index in [1.807, 2.05) is 6.92 Å². The summed E-state index contributed by atoms with van der Waals surface area (Å²) >= 11 is 0. The zero-order valence-corrected chi connectivity index (χ0v) is 21.6. The van der Waals surface area contributed by atoms with Crippen molar-refractivity contribution in [2.24, 2.45) is 5.41 Å². The molecule has 3 fully saturated rings. The molecule has 4 amide bonds. The fourth-order valence-electron chi connectivity index (χ4n) is 5.53. The predicted molar refractivity (Wildman–Crippen MR) is 133 cm³/mol. The minimum Gasteiger partial charge on any atom is -0.378 e. The summed E-state index contributed by atoms with van der Waals surface area (Å²) in [6.45, 7) is 6.56. The van der Waals surface area contributed by atoms with E-state index >= 15 is 0 Å². The van der Waals surface area contributed by atoms with Crippen LogP contribution in [0.5, 0.6) is 0 Å². The number of morpholine rings is 1. The van der Waals surface area contributed by atoms with Crippen molar-refractivity contribution in [1.29, 1.82) is 0 Å². The van der Waals surface area contributed by atoms with Crippen LogP contribution >= 0.6 is 0 Å². The van der Waals surface area contributed by atoms with Gasteiger partial charge in [0.15, 0.2) is 0 Å². The van der Waals surface area contributed by atoms with E-state index in [0.717, 1.165) is 57.8 Å². The Labute approximate surface area is 209 Å². The maximum absolute atomic E-state index is 13.6. The van der Waals surface area contributed by atoms with Crippen molar-refractivity contribution in [3.63, 3.8) is 0 Å². The van der Waals surface area contributed by atoms with Gasteiger partial charge in [0.1, 0.15) is 5.54 Å². The lowest BCUT2D eigenvalue weighted by Crippen LogP contribution is -2.64. The molecule has 1 saturated heterocycles. The van der Waals surface area contributed by atoms with Crippen molar-refractivity contribution in [2.45, 2.75) is 102 Å². The minimum atomic E-state index is -1.06. The van der Waals surface area contributed by atoms with Crippen molar-refractivity contribution in [2.75, 3.05) is 32.8 Å². The number of ether oxygens (including phenoxy) is 1. The van der Waals surface area contributed by atoms with Gasteiger partial charge in [-0.1, -0.05) is 58.8 Å². The first-order chi connectivity index (χ1) is 16.8. The highest BCUT2D eigenvalue weighted by atomic mass is 16.5. The highest BCUT2D eigenvalue weighted by Crippen LogP contribution is 2.36. The molecule has 3 aliphatic rings. The summed E-state index contributed by atoms with van der Waals surface area (Å²) in [7, 11) is 0. The molecule has 2 aliphatic carbocycles. The van der Waals surface area contributed by atoms with Gasteiger partial charge >= 0.3 is 6.03 Å². The third-order valence-electron chi connectivity index (χ3n) is 7.96. The third-order valence-corrected chi connectivity index (χ3v) is 7.96. The summed E-state index contributed by atoms with van der Waals surface area (Å²) in [6.07, 6.45) is 10.0. The molecule has 3 rings (SSSR count). The predicted octanol–water partition coefficient (Wildman–Crippen LogP) is 2.67. The van der Waals surface area contributed by atoms with E-state index in [1.165, 1.54) is 0 Å². The van der Waals surface area contributed by atoms with E-state index in [9.17, 15) is 19.2 Å². The molecule has 0 aromatic heterocycles. The molecular formula is C26H44N4O5. The first-order valence-corrected chi connectivity index (χ1v) is 13.6. The third kappa shape index (κ3) is 7.41. The molecule has 0 unspecified atom stereocenters. The number of ketones is 1. The van der Waals surface area contributed by atoms with Crippen LogP contribution in [0.25, 0.3) is 0 Å². The molecule has 0 bridgehead atoms. The summed E-state index contributed by atoms with van der Waals surface area (Å²) < 4.78 is 5.33. The fraction of sp³-hybridized carbons (Fsp3) is 0.846. The molecule has 0 aromatic carbocycles. The van der Waals surface area contributed by atoms with Crippen molar-refractivity contribution >= 4 is 23.6 Å². The van der Waals surface area contributed by atoms with E-state index in [4.69, 9.17) is 4.74 Å². The SMILES string of the molecule is CCCC[C@H](NC(=O)C1(NC(=O)N2CCOCC2)CCCCC1)C(=O)C(=O)NCC1(C)CCCC1. The Morgan fingerprint density at radius 2 is 1.57 bits per heavy atom. The number of unbranched alkanes of at least 4 members (excludes halogenated alkanes) is 1. The van der Waals surface area contributed by atoms with Crippen LogP contribution in [-0.4, -0.2) is 73.0 Å². The van der Waals surface area contributed by atoms with Crippen molar-refractivity contribution in [3.8, 4) is 0 Å². The second kappa shape index (κ2) is 12.7. The van der Waals surface area contributed by atoms with Crippen molar-refractivity contribution in [3.05, 3.63) is 0 Å². The summed E-state index contributed by atoms with van der Waals surface area (Å²) in [4.78, 5) is 54.1. The standard InChI is InChI=1S/C26H44N4O5/c1-3-4-10-20(21(31)22(32)27-19-25(2)11-8-9-12-25)28-23(33)26(13-6-5-7-14-26)29-24(34)30-15-17-35-18-16-30/h20H,3-19H2,1-2H3,(H,27,32)(H,28,33)(H,29,34)/t20-/m0/s1. The molecule has 1 heterocycles. The van der Waals surface area contributed by atoms with E-state index in [-0.39, 0.29) is 17.4 Å². The number of rotatable bonds is 10. The average Bonchev–Trinajstić information content (AvgIpc) is 3.32. The Bertz CT molecular complexity index is 753. The second-order valence-electron chi connectivity index (χ2n) is 10.9. The second-order valence-corrected chi connectivity index (χ2v) is 10.9. The van der Waals surface area contributed by atoms with Gasteiger partial charge in [-0.2, -0.15) is 0 Å². The summed E-state index contributed by atoms with van der Waals surface area (Å²) in [5.74, 6) is -1.59. The molecule has 0 radical (unpaired) electrons. The van der Waals surface area contributed by atoms with E-state index in [0.29, 0.717) is 52.1 Å². The van der Waals surface area contributed by atoms with Crippen LogP contribution < -0.4 is 16.0 Å². The van der Waals surface area contributed by atoms with Gasteiger partial charge in [0.25, 0.3) is 5.91 Å². The smallest absolute Gasteiger partial charge is 0.318 e. The molecule has 2 saturated carbocycles. The number of urea groups is 1. The number of hydrogen-bond donors (Lipinski definition) is 3. The lowest BCUT2D eigenvalue weighted by Gasteiger charge is -2.39. The first-order valence-electron chi connectivity index (χ1n) is 13.6. The average molecular weight is 493 g/mol. The highest BCUT2D eigenvalue weighted by Gasteiger charge is 2.43. The van der Waals surface area contributed by atoms with Crippen LogP contribution in [0.4, 0.5) is 4.79 Å². The Hall–Kier alpha value is -2.16. The van der Waals surface area contributed by atoms with Gasteiger partial charge in [-0.05, 0) is 37.5 Å². The monoisotopic (exact) mass is 492 g/mol. The van der Waals surface area contributed by atoms with Gasteiger partial charge in [0, 0.05) is 19.6 Å². The van der Waals surface area contributed by atoms with Crippen LogP contribution in [0.1, 0.15) is 90.9 Å². The molecule has 0 spiro atoms. The molecular weight excluding hydrogens is 448 g/mol. The molecule has 9 nitrogen and oxygen atoms in total. The Morgan fingerprint density at radius 1 is 0.943 bits per heavy atom. The summed E-state index contributed by atoms with van der Waals surface area (Å²) in [5, 5.41) is 8.72. The van der Waals surface area contributed by atoms with Crippen LogP contribution in [0, 0.1) is 5.41 Å². The number of carbonyl (C=O) groups excluding carboxylic acids is 4. The number of hydrogen-bond acceptors (Lipinski definition) is 5. The van der Waals surface area contributed by atoms with Gasteiger partial charge in [0.05, 0.1) is 19.3 Å². The van der Waals surface area contributed by atoms with Crippen LogP contribution in [0.3, 0.4) is 0 Å². The molecule has 1 aliphatic heterocycles. The van der Waals surface area contributed by atoms with Gasteiger partial charge in [-0.3, -0.25) is 14.4 Å². The highest BCUT2D eigenvalue weighted by molar-refractivity contribution is 6.38. The first kappa shape index (κ1) is 27.4. The number of Topliss-reactive ketones (excluding diaryl/α,β-unsaturated/α-hetero) is 1. The van der Waals surface area contributed by atoms with E-state index in [2.05, 4.69) is 22.9 Å². The normalized spacial score (nSPS) is 22.2. The topological polar surface area (TPSA) is 117 Å². The molecule has 35 heavy (non-hydrogen) atoms. The maximum atomic E-state index is 13.6. The van der Waals surface area contributed by atoms with Crippen molar-refractivity contribution in [1.82, 2.24) is 20.9 Å². The molecule has 3 N–H and O–H groups in total. The Morgan fingerprint density at radius 3 is 2.20 bits per heavy atom. The zero-order chi connectivity index (χ0) is 25.3. The van der Waals surface area contributed by atoms with Crippen LogP contribution in [0.15, 0.2) is 0 Å². The van der Waals surface area contributed by atoms with Gasteiger partial charge in [-0.15, -0.1) is 0 Å². The number of nitrogens with zero attached hydrogens (tertiary/aromatic N) is 1. The minimum absolute atomic E-state index is 0.0357. The van der Waals surface area contributed by atoms with Gasteiger partial charge < -0.3 is 25.6 Å². The quantitative estimate of drug-likeness (QED) is 0.406. The molecule has 1 atom stereocenters. The fourth-order valence-corrected chi connectivity index (χ4v) is 5.53. The maximum Gasteiger partial charge on any atom is 0.318 e. The zero-order valence-electron chi connectivity index (χ0n) is 21.6. The number of amides is 4. The summed E-state index contributed by atoms with van der Waals surface area (Å²) in [6, 6.07) is -1.16. The van der Waals surface area contributed by atoms with Crippen LogP contribution in [-0.2, 0) is 19.1 Å². The lowest BCUT2D eigenvalue weighted by atomic mass is 9.80. The lowest BCUT2D eigenvalue weighted by molar-refractivity contribution is -0.141. The van der Waals surface area contributed by atoms with Gasteiger partial charge in [-0.25, -0.2) is 4.79 Å². The largest absolute Gasteiger partial charge is 0.378 e. The Kier molecular flexibility index (Phi) is 9.95. The molecule has 198 valence electrons.